The maximum absolute atomic E-state index is 11.6. The number of benzene rings is 1. The van der Waals surface area contributed by atoms with E-state index in [1.807, 2.05) is 12.1 Å². The molecule has 0 spiro atoms. The first kappa shape index (κ1) is 14.7. The predicted molar refractivity (Wildman–Crippen MR) is 84.1 cm³/mol. The lowest BCUT2D eigenvalue weighted by Gasteiger charge is -2.38. The van der Waals surface area contributed by atoms with Crippen LogP contribution in [0.4, 0.5) is 11.4 Å². The van der Waals surface area contributed by atoms with E-state index >= 15 is 0 Å². The standard InChI is InChI=1S/C16H25N3O/c1-3-6-13-7-4-5-10-19(13)15-9-8-12(11-14(15)17)16(20)18-2/h8-9,11,13H,3-7,10,17H2,1-2H3,(H,18,20). The number of nitrogens with two attached hydrogens (primary N) is 1. The maximum atomic E-state index is 11.6. The van der Waals surface area contributed by atoms with Crippen LogP contribution in [0.15, 0.2) is 18.2 Å². The monoisotopic (exact) mass is 275 g/mol. The topological polar surface area (TPSA) is 58.4 Å². The molecular weight excluding hydrogens is 250 g/mol. The lowest BCUT2D eigenvalue weighted by atomic mass is 9.97. The van der Waals surface area contributed by atoms with Gasteiger partial charge in [0.25, 0.3) is 5.91 Å². The zero-order valence-corrected chi connectivity index (χ0v) is 12.5. The van der Waals surface area contributed by atoms with Crippen molar-refractivity contribution in [3.05, 3.63) is 23.8 Å². The number of carbonyl (C=O) groups is 1. The molecule has 0 bridgehead atoms. The van der Waals surface area contributed by atoms with E-state index in [1.54, 1.807) is 13.1 Å². The highest BCUT2D eigenvalue weighted by Gasteiger charge is 2.23. The number of nitrogens with zero attached hydrogens (tertiary/aromatic N) is 1. The molecule has 1 aromatic carbocycles. The molecule has 110 valence electrons. The van der Waals surface area contributed by atoms with Gasteiger partial charge in [0, 0.05) is 25.2 Å². The van der Waals surface area contributed by atoms with Gasteiger partial charge in [0.15, 0.2) is 0 Å². The van der Waals surface area contributed by atoms with Crippen LogP contribution < -0.4 is 16.0 Å². The predicted octanol–water partition coefficient (Wildman–Crippen LogP) is 2.79. The largest absolute Gasteiger partial charge is 0.397 e. The average Bonchev–Trinajstić information content (AvgIpc) is 2.47. The van der Waals surface area contributed by atoms with Crippen LogP contribution in [0.1, 0.15) is 49.4 Å². The third-order valence-corrected chi connectivity index (χ3v) is 4.08. The van der Waals surface area contributed by atoms with Crippen LogP contribution in [0.2, 0.25) is 0 Å². The number of nitrogens with one attached hydrogen (secondary N) is 1. The summed E-state index contributed by atoms with van der Waals surface area (Å²) in [6.45, 7) is 3.29. The van der Waals surface area contributed by atoms with Gasteiger partial charge in [-0.3, -0.25) is 4.79 Å². The lowest BCUT2D eigenvalue weighted by molar-refractivity contribution is 0.0963. The Labute approximate surface area is 121 Å². The van der Waals surface area contributed by atoms with E-state index in [1.165, 1.54) is 32.1 Å². The van der Waals surface area contributed by atoms with Gasteiger partial charge in [-0.2, -0.15) is 0 Å². The fourth-order valence-electron chi connectivity index (χ4n) is 3.05. The molecule has 1 saturated heterocycles. The Bertz CT molecular complexity index is 471. The van der Waals surface area contributed by atoms with Crippen molar-refractivity contribution in [2.45, 2.75) is 45.1 Å². The highest BCUT2D eigenvalue weighted by molar-refractivity contribution is 5.96. The molecule has 1 aromatic rings. The molecule has 3 N–H and O–H groups in total. The number of hydrogen-bond acceptors (Lipinski definition) is 3. The van der Waals surface area contributed by atoms with Crippen molar-refractivity contribution >= 4 is 17.3 Å². The SMILES string of the molecule is CCCC1CCCCN1c1ccc(C(=O)NC)cc1N. The number of amides is 1. The van der Waals surface area contributed by atoms with Gasteiger partial charge in [0.2, 0.25) is 0 Å². The van der Waals surface area contributed by atoms with Crippen LogP contribution in [0, 0.1) is 0 Å². The minimum atomic E-state index is -0.0907. The van der Waals surface area contributed by atoms with Crippen molar-refractivity contribution in [2.75, 3.05) is 24.2 Å². The van der Waals surface area contributed by atoms with Gasteiger partial charge >= 0.3 is 0 Å². The van der Waals surface area contributed by atoms with Crippen LogP contribution in [-0.2, 0) is 0 Å². The number of carbonyl (C=O) groups excluding carboxylic acids is 1. The van der Waals surface area contributed by atoms with E-state index in [2.05, 4.69) is 17.1 Å². The van der Waals surface area contributed by atoms with Gasteiger partial charge in [0.1, 0.15) is 0 Å². The minimum Gasteiger partial charge on any atom is -0.397 e. The summed E-state index contributed by atoms with van der Waals surface area (Å²) in [5.41, 5.74) is 8.59. The zero-order chi connectivity index (χ0) is 14.5. The molecule has 4 heteroatoms. The average molecular weight is 275 g/mol. The van der Waals surface area contributed by atoms with Crippen LogP contribution >= 0.6 is 0 Å². The summed E-state index contributed by atoms with van der Waals surface area (Å²) >= 11 is 0. The van der Waals surface area contributed by atoms with E-state index in [4.69, 9.17) is 5.73 Å². The van der Waals surface area contributed by atoms with E-state index in [-0.39, 0.29) is 5.91 Å². The van der Waals surface area contributed by atoms with Crippen molar-refractivity contribution in [1.29, 1.82) is 0 Å². The highest BCUT2D eigenvalue weighted by Crippen LogP contribution is 2.32. The normalized spacial score (nSPS) is 18.9. The van der Waals surface area contributed by atoms with Crippen LogP contribution in [0.25, 0.3) is 0 Å². The minimum absolute atomic E-state index is 0.0907. The third kappa shape index (κ3) is 3.06. The number of rotatable bonds is 4. The van der Waals surface area contributed by atoms with Gasteiger partial charge in [-0.05, 0) is 43.9 Å². The summed E-state index contributed by atoms with van der Waals surface area (Å²) in [7, 11) is 1.63. The smallest absolute Gasteiger partial charge is 0.251 e. The molecule has 0 radical (unpaired) electrons. The molecule has 1 fully saturated rings. The van der Waals surface area contributed by atoms with Gasteiger partial charge in [0.05, 0.1) is 11.4 Å². The third-order valence-electron chi connectivity index (χ3n) is 4.08. The Kier molecular flexibility index (Phi) is 4.88. The van der Waals surface area contributed by atoms with E-state index < -0.39 is 0 Å². The molecule has 1 unspecified atom stereocenters. The van der Waals surface area contributed by atoms with E-state index in [0.29, 0.717) is 17.3 Å². The van der Waals surface area contributed by atoms with Crippen molar-refractivity contribution in [3.63, 3.8) is 0 Å². The molecule has 1 amide bonds. The van der Waals surface area contributed by atoms with Crippen LogP contribution in [-0.4, -0.2) is 25.5 Å². The summed E-state index contributed by atoms with van der Waals surface area (Å²) in [4.78, 5) is 14.1. The Hall–Kier alpha value is -1.71. The lowest BCUT2D eigenvalue weighted by Crippen LogP contribution is -2.39. The second-order valence-corrected chi connectivity index (χ2v) is 5.48. The molecule has 20 heavy (non-hydrogen) atoms. The zero-order valence-electron chi connectivity index (χ0n) is 12.5. The second-order valence-electron chi connectivity index (χ2n) is 5.48. The maximum Gasteiger partial charge on any atom is 0.251 e. The Morgan fingerprint density at radius 2 is 2.25 bits per heavy atom. The van der Waals surface area contributed by atoms with Crippen molar-refractivity contribution < 1.29 is 4.79 Å². The molecule has 1 heterocycles. The number of piperidine rings is 1. The van der Waals surface area contributed by atoms with Gasteiger partial charge in [-0.15, -0.1) is 0 Å². The molecular formula is C16H25N3O. The summed E-state index contributed by atoms with van der Waals surface area (Å²) in [6, 6.07) is 6.23. The first-order valence-electron chi connectivity index (χ1n) is 7.55. The fraction of sp³-hybridized carbons (Fsp3) is 0.562. The van der Waals surface area contributed by atoms with Crippen molar-refractivity contribution in [2.24, 2.45) is 0 Å². The Balaban J connectivity index is 2.24. The Morgan fingerprint density at radius 3 is 2.90 bits per heavy atom. The number of anilines is 2. The molecule has 0 aliphatic carbocycles. The summed E-state index contributed by atoms with van der Waals surface area (Å²) in [5.74, 6) is -0.0907. The Morgan fingerprint density at radius 1 is 1.45 bits per heavy atom. The molecule has 0 saturated carbocycles. The summed E-state index contributed by atoms with van der Waals surface area (Å²) in [5, 5.41) is 2.63. The molecule has 4 nitrogen and oxygen atoms in total. The molecule has 2 rings (SSSR count). The van der Waals surface area contributed by atoms with Crippen molar-refractivity contribution in [1.82, 2.24) is 5.32 Å². The van der Waals surface area contributed by atoms with Gasteiger partial charge in [-0.1, -0.05) is 13.3 Å². The first-order valence-corrected chi connectivity index (χ1v) is 7.55. The van der Waals surface area contributed by atoms with Crippen molar-refractivity contribution in [3.8, 4) is 0 Å². The molecule has 1 aliphatic rings. The van der Waals surface area contributed by atoms with E-state index in [9.17, 15) is 4.79 Å². The first-order chi connectivity index (χ1) is 9.67. The fourth-order valence-corrected chi connectivity index (χ4v) is 3.05. The van der Waals surface area contributed by atoms with E-state index in [0.717, 1.165) is 12.2 Å². The highest BCUT2D eigenvalue weighted by atomic mass is 16.1. The number of nitrogen functional groups attached to an aromatic ring is 1. The summed E-state index contributed by atoms with van der Waals surface area (Å²) in [6.07, 6.45) is 6.16. The quantitative estimate of drug-likeness (QED) is 0.831. The molecule has 0 aromatic heterocycles. The van der Waals surface area contributed by atoms with Gasteiger partial charge < -0.3 is 16.0 Å². The van der Waals surface area contributed by atoms with Crippen LogP contribution in [0.5, 0.6) is 0 Å². The van der Waals surface area contributed by atoms with Crippen LogP contribution in [0.3, 0.4) is 0 Å². The summed E-state index contributed by atoms with van der Waals surface area (Å²) < 4.78 is 0. The molecule has 1 atom stereocenters. The second kappa shape index (κ2) is 6.64. The molecule has 1 aliphatic heterocycles. The van der Waals surface area contributed by atoms with Gasteiger partial charge in [-0.25, -0.2) is 0 Å². The number of hydrogen-bond donors (Lipinski definition) is 2.